The van der Waals surface area contributed by atoms with E-state index in [0.717, 1.165) is 50.6 Å². The van der Waals surface area contributed by atoms with E-state index in [1.165, 1.54) is 6.07 Å². The molecule has 4 atom stereocenters. The third-order valence-corrected chi connectivity index (χ3v) is 8.34. The molecule has 3 saturated carbocycles. The third-order valence-electron chi connectivity index (χ3n) is 8.34. The normalized spacial score (nSPS) is 33.7. The van der Waals surface area contributed by atoms with E-state index in [4.69, 9.17) is 5.41 Å². The monoisotopic (exact) mass is 424 g/mol. The molecule has 4 bridgehead atoms. The Morgan fingerprint density at radius 3 is 2.58 bits per heavy atom. The van der Waals surface area contributed by atoms with Gasteiger partial charge in [0.25, 0.3) is 0 Å². The van der Waals surface area contributed by atoms with Crippen LogP contribution in [0.25, 0.3) is 0 Å². The molecule has 5 aliphatic rings. The number of halogens is 1. The standard InChI is InChI=1S/C25H33FN4O/c1-14(24(28)23-20(29-2)6-5-19(26)22(23)16-3-4-16)7-21(31)30-17-8-15-9-18(30)12-25(10-15,11-17)13-27/h5-6,14-18,21,28-29,31H,3-4,7-12H2,1-2H3. The summed E-state index contributed by atoms with van der Waals surface area (Å²) in [5.74, 6) is 0.406. The largest absolute Gasteiger partial charge is 0.388 e. The molecule has 3 aliphatic carbocycles. The molecule has 166 valence electrons. The number of nitrogens with zero attached hydrogens (tertiary/aromatic N) is 2. The fourth-order valence-corrected chi connectivity index (χ4v) is 6.95. The maximum Gasteiger partial charge on any atom is 0.127 e. The Balaban J connectivity index is 1.35. The highest BCUT2D eigenvalue weighted by molar-refractivity contribution is 6.06. The van der Waals surface area contributed by atoms with E-state index in [1.807, 2.05) is 14.0 Å². The lowest BCUT2D eigenvalue weighted by Crippen LogP contribution is -2.64. The number of aliphatic hydroxyl groups excluding tert-OH is 1. The molecule has 2 heterocycles. The molecule has 6 rings (SSSR count). The Morgan fingerprint density at radius 1 is 1.32 bits per heavy atom. The van der Waals surface area contributed by atoms with Crippen LogP contribution >= 0.6 is 0 Å². The first-order valence-electron chi connectivity index (χ1n) is 11.8. The van der Waals surface area contributed by atoms with Crippen LogP contribution in [0.15, 0.2) is 12.1 Å². The van der Waals surface area contributed by atoms with Crippen molar-refractivity contribution in [1.82, 2.24) is 4.90 Å². The highest BCUT2D eigenvalue weighted by Crippen LogP contribution is 2.56. The van der Waals surface area contributed by atoms with Crippen molar-refractivity contribution in [3.05, 3.63) is 29.1 Å². The van der Waals surface area contributed by atoms with Gasteiger partial charge in [-0.2, -0.15) is 5.26 Å². The molecule has 5 fully saturated rings. The van der Waals surface area contributed by atoms with E-state index in [0.29, 0.717) is 29.2 Å². The van der Waals surface area contributed by atoms with Gasteiger partial charge in [-0.15, -0.1) is 0 Å². The van der Waals surface area contributed by atoms with E-state index < -0.39 is 6.23 Å². The Morgan fingerprint density at radius 2 is 2.00 bits per heavy atom. The van der Waals surface area contributed by atoms with E-state index in [-0.39, 0.29) is 35.2 Å². The molecule has 0 aromatic heterocycles. The number of hydrogen-bond acceptors (Lipinski definition) is 5. The molecule has 3 N–H and O–H groups in total. The third kappa shape index (κ3) is 3.47. The summed E-state index contributed by atoms with van der Waals surface area (Å²) < 4.78 is 14.7. The second-order valence-corrected chi connectivity index (χ2v) is 10.5. The average Bonchev–Trinajstić information content (AvgIpc) is 3.57. The fourth-order valence-electron chi connectivity index (χ4n) is 6.95. The zero-order valence-electron chi connectivity index (χ0n) is 18.5. The highest BCUT2D eigenvalue weighted by Gasteiger charge is 2.56. The first-order valence-corrected chi connectivity index (χ1v) is 11.8. The molecule has 0 amide bonds. The van der Waals surface area contributed by atoms with Crippen molar-refractivity contribution in [2.75, 3.05) is 12.4 Å². The molecule has 0 spiro atoms. The topological polar surface area (TPSA) is 83.1 Å². The molecule has 4 unspecified atom stereocenters. The van der Waals surface area contributed by atoms with Crippen LogP contribution in [0.2, 0.25) is 0 Å². The van der Waals surface area contributed by atoms with Crippen molar-refractivity contribution in [1.29, 1.82) is 10.7 Å². The zero-order chi connectivity index (χ0) is 21.9. The van der Waals surface area contributed by atoms with Crippen molar-refractivity contribution >= 4 is 11.4 Å². The van der Waals surface area contributed by atoms with Gasteiger partial charge in [0.1, 0.15) is 12.0 Å². The Labute approximate surface area is 184 Å². The van der Waals surface area contributed by atoms with Gasteiger partial charge in [0.05, 0.1) is 11.5 Å². The maximum absolute atomic E-state index is 14.7. The van der Waals surface area contributed by atoms with Gasteiger partial charge in [-0.25, -0.2) is 4.39 Å². The van der Waals surface area contributed by atoms with Crippen LogP contribution in [0.1, 0.15) is 75.3 Å². The summed E-state index contributed by atoms with van der Waals surface area (Å²) in [5, 5.41) is 33.1. The van der Waals surface area contributed by atoms with Gasteiger partial charge in [0.15, 0.2) is 0 Å². The first kappa shape index (κ1) is 20.9. The quantitative estimate of drug-likeness (QED) is 0.558. The van der Waals surface area contributed by atoms with Crippen molar-refractivity contribution in [3.8, 4) is 6.07 Å². The maximum atomic E-state index is 14.7. The number of nitriles is 1. The van der Waals surface area contributed by atoms with E-state index in [2.05, 4.69) is 16.3 Å². The van der Waals surface area contributed by atoms with E-state index >= 15 is 0 Å². The minimum absolute atomic E-state index is 0.187. The molecule has 1 aromatic rings. The lowest BCUT2D eigenvalue weighted by molar-refractivity contribution is -0.159. The van der Waals surface area contributed by atoms with Gasteiger partial charge < -0.3 is 15.8 Å². The summed E-state index contributed by atoms with van der Waals surface area (Å²) in [6.07, 6.45) is 6.67. The minimum atomic E-state index is -0.628. The van der Waals surface area contributed by atoms with Crippen molar-refractivity contribution < 1.29 is 9.50 Å². The van der Waals surface area contributed by atoms with Gasteiger partial charge in [-0.1, -0.05) is 6.92 Å². The summed E-state index contributed by atoms with van der Waals surface area (Å²) in [6, 6.07) is 6.37. The second-order valence-electron chi connectivity index (χ2n) is 10.5. The predicted molar refractivity (Wildman–Crippen MR) is 119 cm³/mol. The van der Waals surface area contributed by atoms with Crippen LogP contribution in [0.3, 0.4) is 0 Å². The molecule has 2 saturated heterocycles. The number of aliphatic hydroxyl groups is 1. The van der Waals surface area contributed by atoms with E-state index in [9.17, 15) is 14.8 Å². The first-order chi connectivity index (χ1) is 14.9. The smallest absolute Gasteiger partial charge is 0.127 e. The summed E-state index contributed by atoms with van der Waals surface area (Å²) in [4.78, 5) is 2.25. The predicted octanol–water partition coefficient (Wildman–Crippen LogP) is 4.61. The van der Waals surface area contributed by atoms with Gasteiger partial charge >= 0.3 is 0 Å². The van der Waals surface area contributed by atoms with E-state index in [1.54, 1.807) is 6.07 Å². The molecular formula is C25H33FN4O. The fraction of sp³-hybridized carbons (Fsp3) is 0.680. The SMILES string of the molecule is CNc1ccc(F)c(C2CC2)c1C(=N)C(C)CC(O)N1C2CC3CC1CC(C#N)(C3)C2. The lowest BCUT2D eigenvalue weighted by atomic mass is 9.56. The minimum Gasteiger partial charge on any atom is -0.388 e. The Bertz CT molecular complexity index is 920. The van der Waals surface area contributed by atoms with Crippen molar-refractivity contribution in [2.24, 2.45) is 17.3 Å². The van der Waals surface area contributed by atoms with Gasteiger partial charge in [-0.05, 0) is 75.3 Å². The van der Waals surface area contributed by atoms with Gasteiger partial charge in [0.2, 0.25) is 0 Å². The average molecular weight is 425 g/mol. The lowest BCUT2D eigenvalue weighted by Gasteiger charge is -2.60. The van der Waals surface area contributed by atoms with Crippen molar-refractivity contribution in [3.63, 3.8) is 0 Å². The van der Waals surface area contributed by atoms with Crippen LogP contribution in [0.4, 0.5) is 10.1 Å². The van der Waals surface area contributed by atoms with Crippen LogP contribution in [-0.2, 0) is 0 Å². The number of piperidine rings is 2. The molecule has 2 aliphatic heterocycles. The molecule has 1 aromatic carbocycles. The summed E-state index contributed by atoms with van der Waals surface area (Å²) in [6.45, 7) is 1.97. The number of benzene rings is 1. The molecule has 31 heavy (non-hydrogen) atoms. The molecular weight excluding hydrogens is 391 g/mol. The van der Waals surface area contributed by atoms with Crippen LogP contribution in [-0.4, -0.2) is 41.1 Å². The molecule has 6 heteroatoms. The molecule has 5 nitrogen and oxygen atoms in total. The highest BCUT2D eigenvalue weighted by atomic mass is 19.1. The summed E-state index contributed by atoms with van der Waals surface area (Å²) >= 11 is 0. The zero-order valence-corrected chi connectivity index (χ0v) is 18.5. The second kappa shape index (κ2) is 7.56. The van der Waals surface area contributed by atoms with Crippen LogP contribution in [0, 0.1) is 39.8 Å². The van der Waals surface area contributed by atoms with Crippen molar-refractivity contribution in [2.45, 2.75) is 82.5 Å². The number of anilines is 1. The molecule has 0 radical (unpaired) electrons. The number of nitrogens with one attached hydrogen (secondary N) is 2. The summed E-state index contributed by atoms with van der Waals surface area (Å²) in [5.41, 5.74) is 2.37. The van der Waals surface area contributed by atoms with Crippen LogP contribution < -0.4 is 5.32 Å². The number of hydrogen-bond donors (Lipinski definition) is 3. The van der Waals surface area contributed by atoms with Gasteiger partial charge in [0, 0.05) is 47.6 Å². The summed E-state index contributed by atoms with van der Waals surface area (Å²) in [7, 11) is 1.81. The van der Waals surface area contributed by atoms with Gasteiger partial charge in [-0.3, -0.25) is 4.90 Å². The Kier molecular flexibility index (Phi) is 5.10. The van der Waals surface area contributed by atoms with Crippen LogP contribution in [0.5, 0.6) is 0 Å². The Hall–Kier alpha value is -1.97. The number of rotatable bonds is 7.